The van der Waals surface area contributed by atoms with Crippen LogP contribution in [0.3, 0.4) is 0 Å². The molecule has 0 amide bonds. The fourth-order valence-corrected chi connectivity index (χ4v) is 4.00. The van der Waals surface area contributed by atoms with E-state index in [1.165, 1.54) is 29.2 Å². The van der Waals surface area contributed by atoms with E-state index in [1.54, 1.807) is 19.4 Å². The lowest BCUT2D eigenvalue weighted by Crippen LogP contribution is -2.47. The first-order chi connectivity index (χ1) is 13.7. The number of piperazine rings is 1. The normalized spacial score (nSPS) is 15.0. The molecule has 2 aromatic heterocycles. The summed E-state index contributed by atoms with van der Waals surface area (Å²) in [5.74, 6) is 0.982. The van der Waals surface area contributed by atoms with Crippen molar-refractivity contribution >= 4 is 16.7 Å². The number of nitrogens with zero attached hydrogens (tertiary/aromatic N) is 5. The summed E-state index contributed by atoms with van der Waals surface area (Å²) in [5, 5.41) is 0.901. The maximum atomic E-state index is 13.4. The molecule has 1 aliphatic rings. The van der Waals surface area contributed by atoms with E-state index in [0.29, 0.717) is 17.3 Å². The summed E-state index contributed by atoms with van der Waals surface area (Å²) < 4.78 is 23.0. The second-order valence-corrected chi connectivity index (χ2v) is 7.43. The number of aromatic nitrogens is 3. The zero-order valence-corrected chi connectivity index (χ0v) is 16.5. The van der Waals surface area contributed by atoms with E-state index in [-0.39, 0.29) is 5.82 Å². The third-order valence-corrected chi connectivity index (χ3v) is 5.64. The summed E-state index contributed by atoms with van der Waals surface area (Å²) in [6.45, 7) is 4.80. The summed E-state index contributed by atoms with van der Waals surface area (Å²) in [6, 6.07) is 10.4. The molecule has 146 valence electrons. The molecule has 4 rings (SSSR count). The fraction of sp³-hybridized carbons (Fsp3) is 0.350. The number of hydrogen-bond donors (Lipinski definition) is 0. The largest absolute Gasteiger partial charge is 0.481 e. The Labute approximate surface area is 167 Å². The molecule has 1 fully saturated rings. The SMILES string of the molecule is COc1cc(CCN2CCN(c3nc(-c4cccc(F)c4)ns3)CC2)ccn1. The average molecular weight is 399 g/mol. The van der Waals surface area contributed by atoms with Crippen LogP contribution in [0.2, 0.25) is 0 Å². The number of rotatable bonds is 6. The molecule has 1 aromatic carbocycles. The topological polar surface area (TPSA) is 54.4 Å². The van der Waals surface area contributed by atoms with Gasteiger partial charge in [-0.1, -0.05) is 12.1 Å². The Hall–Kier alpha value is -2.58. The maximum absolute atomic E-state index is 13.4. The molecule has 0 unspecified atom stereocenters. The van der Waals surface area contributed by atoms with E-state index in [4.69, 9.17) is 4.74 Å². The Kier molecular flexibility index (Phi) is 5.78. The molecule has 3 heterocycles. The minimum atomic E-state index is -0.269. The van der Waals surface area contributed by atoms with E-state index >= 15 is 0 Å². The van der Waals surface area contributed by atoms with Crippen LogP contribution in [-0.2, 0) is 6.42 Å². The van der Waals surface area contributed by atoms with Gasteiger partial charge >= 0.3 is 0 Å². The first-order valence-electron chi connectivity index (χ1n) is 9.27. The zero-order valence-electron chi connectivity index (χ0n) is 15.7. The van der Waals surface area contributed by atoms with Crippen LogP contribution < -0.4 is 9.64 Å². The Balaban J connectivity index is 1.30. The van der Waals surface area contributed by atoms with Crippen molar-refractivity contribution < 1.29 is 9.13 Å². The summed E-state index contributed by atoms with van der Waals surface area (Å²) in [5.41, 5.74) is 1.95. The number of anilines is 1. The van der Waals surface area contributed by atoms with Gasteiger partial charge in [0.15, 0.2) is 5.82 Å². The van der Waals surface area contributed by atoms with E-state index in [2.05, 4.69) is 24.1 Å². The summed E-state index contributed by atoms with van der Waals surface area (Å²) in [4.78, 5) is 13.5. The number of benzene rings is 1. The molecular formula is C20H22FN5OS. The summed E-state index contributed by atoms with van der Waals surface area (Å²) in [7, 11) is 1.64. The Morgan fingerprint density at radius 2 is 2.00 bits per heavy atom. The fourth-order valence-electron chi connectivity index (χ4n) is 3.26. The van der Waals surface area contributed by atoms with Crippen molar-refractivity contribution in [1.82, 2.24) is 19.2 Å². The predicted molar refractivity (Wildman–Crippen MR) is 108 cm³/mol. The van der Waals surface area contributed by atoms with Crippen molar-refractivity contribution in [2.75, 3.05) is 44.7 Å². The van der Waals surface area contributed by atoms with Gasteiger partial charge in [-0.3, -0.25) is 4.90 Å². The van der Waals surface area contributed by atoms with Crippen LogP contribution in [0.5, 0.6) is 5.88 Å². The van der Waals surface area contributed by atoms with Crippen molar-refractivity contribution in [3.05, 3.63) is 54.0 Å². The highest BCUT2D eigenvalue weighted by atomic mass is 32.1. The molecule has 0 radical (unpaired) electrons. The Morgan fingerprint density at radius 1 is 1.14 bits per heavy atom. The quantitative estimate of drug-likeness (QED) is 0.635. The maximum Gasteiger partial charge on any atom is 0.213 e. The van der Waals surface area contributed by atoms with Gasteiger partial charge < -0.3 is 9.64 Å². The van der Waals surface area contributed by atoms with Gasteiger partial charge in [-0.15, -0.1) is 0 Å². The van der Waals surface area contributed by atoms with E-state index in [1.807, 2.05) is 18.2 Å². The number of halogens is 1. The highest BCUT2D eigenvalue weighted by Gasteiger charge is 2.20. The van der Waals surface area contributed by atoms with Crippen LogP contribution in [0.25, 0.3) is 11.4 Å². The summed E-state index contributed by atoms with van der Waals surface area (Å²) >= 11 is 1.38. The van der Waals surface area contributed by atoms with Crippen LogP contribution in [-0.4, -0.2) is 59.1 Å². The number of pyridine rings is 1. The lowest BCUT2D eigenvalue weighted by atomic mass is 10.2. The number of ether oxygens (including phenoxy) is 1. The number of hydrogen-bond acceptors (Lipinski definition) is 7. The molecule has 0 spiro atoms. The minimum absolute atomic E-state index is 0.269. The van der Waals surface area contributed by atoms with Crippen molar-refractivity contribution in [3.8, 4) is 17.3 Å². The lowest BCUT2D eigenvalue weighted by molar-refractivity contribution is 0.261. The standard InChI is InChI=1S/C20H22FN5OS/c1-27-18-13-15(5-7-22-18)6-8-25-9-11-26(12-10-25)20-23-19(24-28-20)16-3-2-4-17(21)14-16/h2-5,7,13-14H,6,8-12H2,1H3. The molecule has 1 saturated heterocycles. The second-order valence-electron chi connectivity index (χ2n) is 6.70. The van der Waals surface area contributed by atoms with Crippen molar-refractivity contribution in [3.63, 3.8) is 0 Å². The molecule has 0 aliphatic carbocycles. The molecule has 0 atom stereocenters. The van der Waals surface area contributed by atoms with Gasteiger partial charge in [0.05, 0.1) is 7.11 Å². The third kappa shape index (κ3) is 4.45. The molecule has 3 aromatic rings. The first-order valence-corrected chi connectivity index (χ1v) is 10.0. The predicted octanol–water partition coefficient (Wildman–Crippen LogP) is 3.11. The second kappa shape index (κ2) is 8.62. The van der Waals surface area contributed by atoms with Crippen LogP contribution in [0, 0.1) is 5.82 Å². The van der Waals surface area contributed by atoms with E-state index < -0.39 is 0 Å². The smallest absolute Gasteiger partial charge is 0.213 e. The third-order valence-electron chi connectivity index (χ3n) is 4.87. The van der Waals surface area contributed by atoms with Gasteiger partial charge in [0.25, 0.3) is 0 Å². The molecule has 0 bridgehead atoms. The zero-order chi connectivity index (χ0) is 19.3. The van der Waals surface area contributed by atoms with Gasteiger partial charge in [-0.2, -0.15) is 9.36 Å². The molecule has 1 aliphatic heterocycles. The summed E-state index contributed by atoms with van der Waals surface area (Å²) in [6.07, 6.45) is 2.76. The van der Waals surface area contributed by atoms with Gasteiger partial charge in [0, 0.05) is 62.1 Å². The number of methoxy groups -OCH3 is 1. The molecule has 0 saturated carbocycles. The Morgan fingerprint density at radius 3 is 2.79 bits per heavy atom. The Bertz CT molecular complexity index is 926. The van der Waals surface area contributed by atoms with E-state index in [9.17, 15) is 4.39 Å². The molecular weight excluding hydrogens is 377 g/mol. The van der Waals surface area contributed by atoms with Gasteiger partial charge in [0.2, 0.25) is 11.0 Å². The van der Waals surface area contributed by atoms with Gasteiger partial charge in [-0.05, 0) is 30.2 Å². The van der Waals surface area contributed by atoms with Crippen molar-refractivity contribution in [2.45, 2.75) is 6.42 Å². The highest BCUT2D eigenvalue weighted by Crippen LogP contribution is 2.25. The van der Waals surface area contributed by atoms with Crippen LogP contribution in [0.15, 0.2) is 42.6 Å². The van der Waals surface area contributed by atoms with Crippen molar-refractivity contribution in [1.29, 1.82) is 0 Å². The van der Waals surface area contributed by atoms with Gasteiger partial charge in [0.1, 0.15) is 5.82 Å². The minimum Gasteiger partial charge on any atom is -0.481 e. The van der Waals surface area contributed by atoms with Crippen LogP contribution in [0.1, 0.15) is 5.56 Å². The van der Waals surface area contributed by atoms with E-state index in [0.717, 1.165) is 44.3 Å². The molecule has 28 heavy (non-hydrogen) atoms. The van der Waals surface area contributed by atoms with Crippen LogP contribution >= 0.6 is 11.5 Å². The molecule has 8 heteroatoms. The van der Waals surface area contributed by atoms with Crippen molar-refractivity contribution in [2.24, 2.45) is 0 Å². The first kappa shape index (κ1) is 18.8. The molecule has 0 N–H and O–H groups in total. The molecule has 6 nitrogen and oxygen atoms in total. The monoisotopic (exact) mass is 399 g/mol. The lowest BCUT2D eigenvalue weighted by Gasteiger charge is -2.34. The van der Waals surface area contributed by atoms with Gasteiger partial charge in [-0.25, -0.2) is 9.37 Å². The van der Waals surface area contributed by atoms with Crippen LogP contribution in [0.4, 0.5) is 9.52 Å². The highest BCUT2D eigenvalue weighted by molar-refractivity contribution is 7.09. The average Bonchev–Trinajstić information content (AvgIpc) is 3.23.